The summed E-state index contributed by atoms with van der Waals surface area (Å²) in [7, 11) is 3.35. The summed E-state index contributed by atoms with van der Waals surface area (Å²) in [6, 6.07) is 3.87. The molecule has 1 heterocycles. The number of nitrogens with one attached hydrogen (secondary N) is 1. The molecule has 108 valence electrons. The molecule has 1 saturated carbocycles. The minimum Gasteiger partial charge on any atom is -0.496 e. The van der Waals surface area contributed by atoms with Crippen molar-refractivity contribution in [2.75, 3.05) is 20.8 Å². The zero-order chi connectivity index (χ0) is 14.1. The molecule has 20 heavy (non-hydrogen) atoms. The molecule has 0 unspecified atom stereocenters. The van der Waals surface area contributed by atoms with Gasteiger partial charge in [0.1, 0.15) is 22.8 Å². The molecule has 0 radical (unpaired) electrons. The molecule has 1 aliphatic carbocycles. The van der Waals surface area contributed by atoms with Gasteiger partial charge in [0.25, 0.3) is 0 Å². The van der Waals surface area contributed by atoms with E-state index in [4.69, 9.17) is 13.9 Å². The van der Waals surface area contributed by atoms with Crippen molar-refractivity contribution in [2.45, 2.75) is 32.2 Å². The van der Waals surface area contributed by atoms with Crippen LogP contribution in [0.3, 0.4) is 0 Å². The van der Waals surface area contributed by atoms with Gasteiger partial charge in [0.2, 0.25) is 0 Å². The predicted molar refractivity (Wildman–Crippen MR) is 78.7 cm³/mol. The van der Waals surface area contributed by atoms with Crippen LogP contribution in [0.15, 0.2) is 16.5 Å². The first-order valence-electron chi connectivity index (χ1n) is 7.16. The van der Waals surface area contributed by atoms with Crippen molar-refractivity contribution < 1.29 is 13.9 Å². The predicted octanol–water partition coefficient (Wildman–Crippen LogP) is 3.44. The maximum Gasteiger partial charge on any atom is 0.142 e. The quantitative estimate of drug-likeness (QED) is 0.877. The molecule has 1 fully saturated rings. The Morgan fingerprint density at radius 2 is 2.05 bits per heavy atom. The molecule has 0 atom stereocenters. The summed E-state index contributed by atoms with van der Waals surface area (Å²) in [6.07, 6.45) is 2.48. The average molecular weight is 275 g/mol. The third-order valence-corrected chi connectivity index (χ3v) is 3.82. The number of hydrogen-bond donors (Lipinski definition) is 1. The lowest BCUT2D eigenvalue weighted by atomic mass is 10.0. The number of furan rings is 1. The van der Waals surface area contributed by atoms with Crippen molar-refractivity contribution in [3.8, 4) is 11.5 Å². The molecule has 1 aromatic heterocycles. The minimum atomic E-state index is 0.618. The van der Waals surface area contributed by atoms with Crippen LogP contribution >= 0.6 is 0 Å². The van der Waals surface area contributed by atoms with E-state index in [1.807, 2.05) is 12.1 Å². The van der Waals surface area contributed by atoms with E-state index in [9.17, 15) is 0 Å². The number of benzene rings is 1. The first kappa shape index (κ1) is 13.3. The summed E-state index contributed by atoms with van der Waals surface area (Å²) in [5.74, 6) is 3.26. The zero-order valence-corrected chi connectivity index (χ0v) is 12.3. The Kier molecular flexibility index (Phi) is 3.57. The molecule has 3 rings (SSSR count). The van der Waals surface area contributed by atoms with E-state index in [1.54, 1.807) is 14.2 Å². The SMILES string of the molecule is CCNCc1oc2cc(OC)cc(OC)c2c1C1CC1. The van der Waals surface area contributed by atoms with Crippen LogP contribution in [0, 0.1) is 0 Å². The van der Waals surface area contributed by atoms with Crippen molar-refractivity contribution in [1.82, 2.24) is 5.32 Å². The molecule has 0 saturated heterocycles. The van der Waals surface area contributed by atoms with Gasteiger partial charge in [-0.05, 0) is 25.3 Å². The van der Waals surface area contributed by atoms with Gasteiger partial charge in [0.05, 0.1) is 26.2 Å². The Morgan fingerprint density at radius 3 is 2.65 bits per heavy atom. The van der Waals surface area contributed by atoms with Crippen molar-refractivity contribution in [3.05, 3.63) is 23.5 Å². The molecule has 4 heteroatoms. The van der Waals surface area contributed by atoms with Crippen LogP contribution in [0.25, 0.3) is 11.0 Å². The Bertz CT molecular complexity index is 614. The van der Waals surface area contributed by atoms with E-state index in [1.165, 1.54) is 18.4 Å². The molecular formula is C16H21NO3. The Hall–Kier alpha value is -1.68. The molecule has 2 aromatic rings. The molecule has 0 aliphatic heterocycles. The Balaban J connectivity index is 2.16. The molecule has 1 aromatic carbocycles. The van der Waals surface area contributed by atoms with Crippen molar-refractivity contribution in [3.63, 3.8) is 0 Å². The molecule has 1 aliphatic rings. The summed E-state index contributed by atoms with van der Waals surface area (Å²) in [4.78, 5) is 0. The van der Waals surface area contributed by atoms with Crippen molar-refractivity contribution >= 4 is 11.0 Å². The zero-order valence-electron chi connectivity index (χ0n) is 12.3. The molecule has 0 bridgehead atoms. The highest BCUT2D eigenvalue weighted by Gasteiger charge is 2.32. The molecular weight excluding hydrogens is 254 g/mol. The highest BCUT2D eigenvalue weighted by molar-refractivity contribution is 5.90. The van der Waals surface area contributed by atoms with Crippen LogP contribution in [-0.4, -0.2) is 20.8 Å². The van der Waals surface area contributed by atoms with Crippen LogP contribution in [0.4, 0.5) is 0 Å². The van der Waals surface area contributed by atoms with Gasteiger partial charge >= 0.3 is 0 Å². The van der Waals surface area contributed by atoms with Crippen LogP contribution < -0.4 is 14.8 Å². The topological polar surface area (TPSA) is 43.6 Å². The largest absolute Gasteiger partial charge is 0.496 e. The first-order chi connectivity index (χ1) is 9.78. The van der Waals surface area contributed by atoms with Crippen LogP contribution in [0.2, 0.25) is 0 Å². The van der Waals surface area contributed by atoms with Gasteiger partial charge < -0.3 is 19.2 Å². The fraction of sp³-hybridized carbons (Fsp3) is 0.500. The van der Waals surface area contributed by atoms with E-state index in [-0.39, 0.29) is 0 Å². The Labute approximate surface area is 119 Å². The average Bonchev–Trinajstić information content (AvgIpc) is 3.24. The second kappa shape index (κ2) is 5.37. The van der Waals surface area contributed by atoms with E-state index in [0.717, 1.165) is 41.3 Å². The number of methoxy groups -OCH3 is 2. The van der Waals surface area contributed by atoms with Crippen LogP contribution in [0.1, 0.15) is 37.0 Å². The smallest absolute Gasteiger partial charge is 0.142 e. The van der Waals surface area contributed by atoms with Gasteiger partial charge in [-0.2, -0.15) is 0 Å². The standard InChI is InChI=1S/C16H21NO3/c1-4-17-9-14-15(10-5-6-10)16-12(19-3)7-11(18-2)8-13(16)20-14/h7-8,10,17H,4-6,9H2,1-3H3. The van der Waals surface area contributed by atoms with Gasteiger partial charge in [-0.3, -0.25) is 0 Å². The lowest BCUT2D eigenvalue weighted by molar-refractivity contribution is 0.397. The van der Waals surface area contributed by atoms with Crippen LogP contribution in [0.5, 0.6) is 11.5 Å². The molecule has 1 N–H and O–H groups in total. The third kappa shape index (κ3) is 2.24. The van der Waals surface area contributed by atoms with Gasteiger partial charge in [-0.25, -0.2) is 0 Å². The monoisotopic (exact) mass is 275 g/mol. The maximum atomic E-state index is 6.07. The summed E-state index contributed by atoms with van der Waals surface area (Å²) in [5, 5.41) is 4.46. The number of rotatable bonds is 6. The number of ether oxygens (including phenoxy) is 2. The fourth-order valence-corrected chi connectivity index (χ4v) is 2.69. The molecule has 0 spiro atoms. The van der Waals surface area contributed by atoms with Crippen molar-refractivity contribution in [1.29, 1.82) is 0 Å². The van der Waals surface area contributed by atoms with E-state index >= 15 is 0 Å². The fourth-order valence-electron chi connectivity index (χ4n) is 2.69. The normalized spacial score (nSPS) is 14.8. The van der Waals surface area contributed by atoms with E-state index < -0.39 is 0 Å². The summed E-state index contributed by atoms with van der Waals surface area (Å²) in [5.41, 5.74) is 2.18. The van der Waals surface area contributed by atoms with E-state index in [0.29, 0.717) is 5.92 Å². The first-order valence-corrected chi connectivity index (χ1v) is 7.16. The summed E-state index contributed by atoms with van der Waals surface area (Å²) >= 11 is 0. The highest BCUT2D eigenvalue weighted by atomic mass is 16.5. The van der Waals surface area contributed by atoms with E-state index in [2.05, 4.69) is 12.2 Å². The lowest BCUT2D eigenvalue weighted by Gasteiger charge is -2.07. The number of fused-ring (bicyclic) bond motifs is 1. The number of hydrogen-bond acceptors (Lipinski definition) is 4. The molecule has 0 amide bonds. The van der Waals surface area contributed by atoms with Gasteiger partial charge in [-0.1, -0.05) is 6.92 Å². The minimum absolute atomic E-state index is 0.618. The third-order valence-electron chi connectivity index (χ3n) is 3.82. The highest BCUT2D eigenvalue weighted by Crippen LogP contribution is 2.49. The van der Waals surface area contributed by atoms with Crippen molar-refractivity contribution in [2.24, 2.45) is 0 Å². The van der Waals surface area contributed by atoms with Gasteiger partial charge in [-0.15, -0.1) is 0 Å². The maximum absolute atomic E-state index is 6.07. The van der Waals surface area contributed by atoms with Gasteiger partial charge in [0, 0.05) is 17.7 Å². The van der Waals surface area contributed by atoms with Crippen LogP contribution in [-0.2, 0) is 6.54 Å². The Morgan fingerprint density at radius 1 is 1.25 bits per heavy atom. The summed E-state index contributed by atoms with van der Waals surface area (Å²) in [6.45, 7) is 3.80. The molecule has 4 nitrogen and oxygen atoms in total. The summed E-state index contributed by atoms with van der Waals surface area (Å²) < 4.78 is 16.9. The van der Waals surface area contributed by atoms with Gasteiger partial charge in [0.15, 0.2) is 0 Å². The second-order valence-corrected chi connectivity index (χ2v) is 5.20. The second-order valence-electron chi connectivity index (χ2n) is 5.20. The lowest BCUT2D eigenvalue weighted by Crippen LogP contribution is -2.12.